The summed E-state index contributed by atoms with van der Waals surface area (Å²) in [5.41, 5.74) is 0.0784. The number of pyridine rings is 2. The van der Waals surface area contributed by atoms with E-state index in [2.05, 4.69) is 4.98 Å². The van der Waals surface area contributed by atoms with Crippen molar-refractivity contribution in [3.05, 3.63) is 46.3 Å². The van der Waals surface area contributed by atoms with Crippen molar-refractivity contribution in [3.8, 4) is 5.75 Å². The highest BCUT2D eigenvalue weighted by molar-refractivity contribution is 6.06. The number of rotatable bonds is 5. The van der Waals surface area contributed by atoms with Gasteiger partial charge in [0, 0.05) is 24.7 Å². The number of amides is 1. The Kier molecular flexibility index (Phi) is 6.68. The lowest BCUT2D eigenvalue weighted by molar-refractivity contribution is -0.0983. The van der Waals surface area contributed by atoms with E-state index in [1.165, 1.54) is 16.7 Å². The summed E-state index contributed by atoms with van der Waals surface area (Å²) in [6, 6.07) is 4.10. The molecule has 1 unspecified atom stereocenters. The van der Waals surface area contributed by atoms with Crippen molar-refractivity contribution in [3.63, 3.8) is 0 Å². The molecule has 0 aliphatic carbocycles. The van der Waals surface area contributed by atoms with Gasteiger partial charge in [-0.25, -0.2) is 9.18 Å². The Hall–Kier alpha value is -3.16. The zero-order chi connectivity index (χ0) is 24.7. The molecule has 1 atom stereocenters. The van der Waals surface area contributed by atoms with Crippen LogP contribution < -0.4 is 10.4 Å². The van der Waals surface area contributed by atoms with Crippen LogP contribution in [0.3, 0.4) is 0 Å². The van der Waals surface area contributed by atoms with Crippen molar-refractivity contribution in [2.24, 2.45) is 13.0 Å². The van der Waals surface area contributed by atoms with Gasteiger partial charge in [0.2, 0.25) is 0 Å². The molecule has 8 heteroatoms. The molecule has 2 aromatic heterocycles. The van der Waals surface area contributed by atoms with Crippen molar-refractivity contribution >= 4 is 27.8 Å². The van der Waals surface area contributed by atoms with Gasteiger partial charge >= 0.3 is 6.09 Å². The minimum atomic E-state index is -0.743. The molecule has 33 heavy (non-hydrogen) atoms. The predicted molar refractivity (Wildman–Crippen MR) is 127 cm³/mol. The SMILES string of the molecule is Cc1nccc2c1c(=O)n(C)c1cc(ON(C(=O)OC(C)(C)C)C(C)CC(C)C)c(F)cc21. The molecule has 0 saturated carbocycles. The van der Waals surface area contributed by atoms with Crippen molar-refractivity contribution in [1.82, 2.24) is 14.6 Å². The summed E-state index contributed by atoms with van der Waals surface area (Å²) in [6.45, 7) is 12.9. The molecule has 178 valence electrons. The Labute approximate surface area is 193 Å². The molecule has 0 bridgehead atoms. The molecular weight excluding hydrogens is 425 g/mol. The lowest BCUT2D eigenvalue weighted by atomic mass is 10.1. The van der Waals surface area contributed by atoms with E-state index in [1.54, 1.807) is 47.0 Å². The van der Waals surface area contributed by atoms with Gasteiger partial charge in [0.15, 0.2) is 11.6 Å². The zero-order valence-electron chi connectivity index (χ0n) is 20.5. The third-order valence-corrected chi connectivity index (χ3v) is 5.34. The number of carbonyl (C=O) groups is 1. The Morgan fingerprint density at radius 3 is 2.48 bits per heavy atom. The van der Waals surface area contributed by atoms with Crippen LogP contribution in [0.2, 0.25) is 0 Å². The van der Waals surface area contributed by atoms with Gasteiger partial charge in [-0.05, 0) is 64.5 Å². The lowest BCUT2D eigenvalue weighted by Crippen LogP contribution is -2.45. The van der Waals surface area contributed by atoms with E-state index in [4.69, 9.17) is 9.57 Å². The van der Waals surface area contributed by atoms with Crippen LogP contribution in [0.1, 0.15) is 53.7 Å². The van der Waals surface area contributed by atoms with Crippen LogP contribution in [0.4, 0.5) is 9.18 Å². The second-order valence-corrected chi connectivity index (χ2v) is 9.86. The van der Waals surface area contributed by atoms with Crippen LogP contribution in [0.25, 0.3) is 21.7 Å². The maximum atomic E-state index is 15.3. The van der Waals surface area contributed by atoms with E-state index in [0.717, 1.165) is 5.06 Å². The van der Waals surface area contributed by atoms with Crippen molar-refractivity contribution in [2.75, 3.05) is 0 Å². The van der Waals surface area contributed by atoms with E-state index in [0.29, 0.717) is 33.8 Å². The van der Waals surface area contributed by atoms with Gasteiger partial charge in [-0.15, -0.1) is 5.06 Å². The molecule has 3 aromatic rings. The first-order valence-corrected chi connectivity index (χ1v) is 11.1. The minimum absolute atomic E-state index is 0.163. The quantitative estimate of drug-likeness (QED) is 0.374. The van der Waals surface area contributed by atoms with Crippen LogP contribution >= 0.6 is 0 Å². The van der Waals surface area contributed by atoms with Gasteiger partial charge in [0.05, 0.1) is 22.6 Å². The molecule has 0 radical (unpaired) electrons. The fourth-order valence-electron chi connectivity index (χ4n) is 3.94. The number of hydrogen-bond donors (Lipinski definition) is 0. The van der Waals surface area contributed by atoms with Crippen LogP contribution in [0.5, 0.6) is 5.75 Å². The molecule has 0 saturated heterocycles. The van der Waals surface area contributed by atoms with Crippen LogP contribution in [0.15, 0.2) is 29.2 Å². The number of nitrogens with zero attached hydrogens (tertiary/aromatic N) is 3. The maximum Gasteiger partial charge on any atom is 0.443 e. The summed E-state index contributed by atoms with van der Waals surface area (Å²) in [5, 5.41) is 2.69. The van der Waals surface area contributed by atoms with Gasteiger partial charge in [-0.2, -0.15) is 0 Å². The van der Waals surface area contributed by atoms with Crippen molar-refractivity contribution in [2.45, 2.75) is 66.5 Å². The summed E-state index contributed by atoms with van der Waals surface area (Å²) in [6.07, 6.45) is 1.52. The van der Waals surface area contributed by atoms with Gasteiger partial charge in [0.1, 0.15) is 5.60 Å². The third kappa shape index (κ3) is 5.10. The molecular formula is C25H32FN3O4. The molecule has 7 nitrogen and oxygen atoms in total. The Morgan fingerprint density at radius 2 is 1.88 bits per heavy atom. The third-order valence-electron chi connectivity index (χ3n) is 5.34. The number of fused-ring (bicyclic) bond motifs is 3. The number of carbonyl (C=O) groups excluding carboxylic acids is 1. The highest BCUT2D eigenvalue weighted by Crippen LogP contribution is 2.31. The average Bonchev–Trinajstić information content (AvgIpc) is 2.68. The number of ether oxygens (including phenoxy) is 1. The Morgan fingerprint density at radius 1 is 1.21 bits per heavy atom. The van der Waals surface area contributed by atoms with Gasteiger partial charge < -0.3 is 14.1 Å². The van der Waals surface area contributed by atoms with Crippen LogP contribution in [-0.4, -0.2) is 32.4 Å². The number of hydroxylamine groups is 2. The predicted octanol–water partition coefficient (Wildman–Crippen LogP) is 5.50. The smallest absolute Gasteiger partial charge is 0.442 e. The molecule has 0 fully saturated rings. The number of hydrogen-bond acceptors (Lipinski definition) is 5. The first-order chi connectivity index (χ1) is 15.3. The molecule has 0 N–H and O–H groups in total. The molecule has 2 heterocycles. The van der Waals surface area contributed by atoms with Crippen molar-refractivity contribution < 1.29 is 18.8 Å². The fourth-order valence-corrected chi connectivity index (χ4v) is 3.94. The summed E-state index contributed by atoms with van der Waals surface area (Å²) in [7, 11) is 1.62. The van der Waals surface area contributed by atoms with E-state index < -0.39 is 17.5 Å². The first-order valence-electron chi connectivity index (χ1n) is 11.1. The lowest BCUT2D eigenvalue weighted by Gasteiger charge is -2.31. The van der Waals surface area contributed by atoms with Gasteiger partial charge in [-0.3, -0.25) is 9.78 Å². The van der Waals surface area contributed by atoms with E-state index in [-0.39, 0.29) is 23.3 Å². The fraction of sp³-hybridized carbons (Fsp3) is 0.480. The Balaban J connectivity index is 2.13. The summed E-state index contributed by atoms with van der Waals surface area (Å²) < 4.78 is 22.2. The molecule has 3 rings (SSSR count). The summed E-state index contributed by atoms with van der Waals surface area (Å²) in [4.78, 5) is 35.9. The topological polar surface area (TPSA) is 73.7 Å². The number of aryl methyl sites for hydroxylation is 2. The van der Waals surface area contributed by atoms with Gasteiger partial charge in [0.25, 0.3) is 5.56 Å². The highest BCUT2D eigenvalue weighted by Gasteiger charge is 2.30. The van der Waals surface area contributed by atoms with E-state index in [9.17, 15) is 9.59 Å². The molecule has 1 aromatic carbocycles. The monoisotopic (exact) mass is 457 g/mol. The standard InChI is InChI=1S/C25H32FN3O4/c1-14(2)11-15(3)29(24(31)32-25(5,6)7)33-21-13-20-18(12-19(21)26)17-9-10-27-16(4)22(17)23(30)28(20)8/h9-10,12-15H,11H2,1-8H3. The molecule has 1 amide bonds. The zero-order valence-corrected chi connectivity index (χ0v) is 20.5. The summed E-state index contributed by atoms with van der Waals surface area (Å²) in [5.74, 6) is -0.537. The van der Waals surface area contributed by atoms with Gasteiger partial charge in [-0.1, -0.05) is 13.8 Å². The minimum Gasteiger partial charge on any atom is -0.442 e. The largest absolute Gasteiger partial charge is 0.443 e. The second-order valence-electron chi connectivity index (χ2n) is 9.86. The maximum absolute atomic E-state index is 15.3. The van der Waals surface area contributed by atoms with Crippen molar-refractivity contribution in [1.29, 1.82) is 0 Å². The number of aromatic nitrogens is 2. The van der Waals surface area contributed by atoms with E-state index >= 15 is 4.39 Å². The first kappa shape index (κ1) is 24.5. The molecule has 0 aliphatic heterocycles. The number of halogens is 1. The number of benzene rings is 1. The average molecular weight is 458 g/mol. The summed E-state index contributed by atoms with van der Waals surface area (Å²) >= 11 is 0. The van der Waals surface area contributed by atoms with E-state index in [1.807, 2.05) is 20.8 Å². The molecule has 0 spiro atoms. The van der Waals surface area contributed by atoms with Crippen LogP contribution in [-0.2, 0) is 11.8 Å². The second kappa shape index (κ2) is 9.00. The highest BCUT2D eigenvalue weighted by atomic mass is 19.1. The normalized spacial score (nSPS) is 12.9. The molecule has 0 aliphatic rings. The Bertz CT molecular complexity index is 1260. The van der Waals surface area contributed by atoms with Crippen LogP contribution in [0, 0.1) is 18.7 Å².